The molecule has 2 atom stereocenters. The molecule has 2 aromatic carbocycles. The SMILES string of the molecule is O=C(NC[C@H]1CCC[C@@H](CNC(=O)c2ccccc2)C1)c1ccccc1. The average Bonchev–Trinajstić information content (AvgIpc) is 2.72. The van der Waals surface area contributed by atoms with Gasteiger partial charge in [0.25, 0.3) is 11.8 Å². The second-order valence-corrected chi connectivity index (χ2v) is 7.05. The van der Waals surface area contributed by atoms with Crippen LogP contribution in [0.3, 0.4) is 0 Å². The van der Waals surface area contributed by atoms with Crippen LogP contribution in [0.1, 0.15) is 46.4 Å². The van der Waals surface area contributed by atoms with E-state index in [1.807, 2.05) is 60.7 Å². The van der Waals surface area contributed by atoms with Gasteiger partial charge < -0.3 is 10.6 Å². The molecule has 0 unspecified atom stereocenters. The van der Waals surface area contributed by atoms with Crippen LogP contribution in [0.2, 0.25) is 0 Å². The van der Waals surface area contributed by atoms with Gasteiger partial charge in [-0.2, -0.15) is 0 Å². The molecule has 2 aromatic rings. The summed E-state index contributed by atoms with van der Waals surface area (Å²) in [5.74, 6) is 0.945. The van der Waals surface area contributed by atoms with Gasteiger partial charge in [-0.1, -0.05) is 42.8 Å². The first kappa shape index (κ1) is 18.2. The van der Waals surface area contributed by atoms with Crippen LogP contribution < -0.4 is 10.6 Å². The molecule has 4 heteroatoms. The summed E-state index contributed by atoms with van der Waals surface area (Å²) >= 11 is 0. The summed E-state index contributed by atoms with van der Waals surface area (Å²) in [6.45, 7) is 1.41. The van der Waals surface area contributed by atoms with Crippen molar-refractivity contribution in [3.63, 3.8) is 0 Å². The minimum Gasteiger partial charge on any atom is -0.352 e. The van der Waals surface area contributed by atoms with Gasteiger partial charge in [-0.3, -0.25) is 9.59 Å². The molecule has 1 aliphatic rings. The van der Waals surface area contributed by atoms with Crippen LogP contribution in [-0.4, -0.2) is 24.9 Å². The molecular weight excluding hydrogens is 324 g/mol. The van der Waals surface area contributed by atoms with Crippen molar-refractivity contribution in [3.8, 4) is 0 Å². The topological polar surface area (TPSA) is 58.2 Å². The van der Waals surface area contributed by atoms with Gasteiger partial charge in [-0.05, 0) is 55.4 Å². The maximum Gasteiger partial charge on any atom is 0.251 e. The number of amides is 2. The van der Waals surface area contributed by atoms with Crippen molar-refractivity contribution in [2.45, 2.75) is 25.7 Å². The van der Waals surface area contributed by atoms with Crippen LogP contribution in [0.15, 0.2) is 60.7 Å². The zero-order chi connectivity index (χ0) is 18.2. The van der Waals surface area contributed by atoms with E-state index in [0.29, 0.717) is 36.1 Å². The summed E-state index contributed by atoms with van der Waals surface area (Å²) in [5, 5.41) is 6.11. The largest absolute Gasteiger partial charge is 0.352 e. The zero-order valence-electron chi connectivity index (χ0n) is 15.0. The van der Waals surface area contributed by atoms with Gasteiger partial charge in [0.05, 0.1) is 0 Å². The maximum atomic E-state index is 12.2. The standard InChI is InChI=1S/C22H26N2O2/c25-21(19-10-3-1-4-11-19)23-15-17-8-7-9-18(14-17)16-24-22(26)20-12-5-2-6-13-20/h1-6,10-13,17-18H,7-9,14-16H2,(H,23,25)(H,24,26)/t17-,18+. The van der Waals surface area contributed by atoms with E-state index < -0.39 is 0 Å². The Kier molecular flexibility index (Phi) is 6.42. The highest BCUT2D eigenvalue weighted by atomic mass is 16.2. The molecule has 0 aromatic heterocycles. The molecule has 0 spiro atoms. The monoisotopic (exact) mass is 350 g/mol. The Hall–Kier alpha value is -2.62. The molecule has 0 radical (unpaired) electrons. The highest BCUT2D eigenvalue weighted by Crippen LogP contribution is 2.28. The van der Waals surface area contributed by atoms with E-state index in [1.54, 1.807) is 0 Å². The quantitative estimate of drug-likeness (QED) is 0.835. The van der Waals surface area contributed by atoms with Gasteiger partial charge in [-0.25, -0.2) is 0 Å². The Morgan fingerprint density at radius 1 is 0.731 bits per heavy atom. The molecule has 136 valence electrons. The van der Waals surface area contributed by atoms with Gasteiger partial charge >= 0.3 is 0 Å². The van der Waals surface area contributed by atoms with Gasteiger partial charge in [0.15, 0.2) is 0 Å². The lowest BCUT2D eigenvalue weighted by Gasteiger charge is -2.29. The van der Waals surface area contributed by atoms with Crippen molar-refractivity contribution in [1.29, 1.82) is 0 Å². The fraction of sp³-hybridized carbons (Fsp3) is 0.364. The van der Waals surface area contributed by atoms with Crippen molar-refractivity contribution in [2.75, 3.05) is 13.1 Å². The molecule has 1 aliphatic carbocycles. The summed E-state index contributed by atoms with van der Waals surface area (Å²) in [6.07, 6.45) is 4.47. The van der Waals surface area contributed by atoms with E-state index in [2.05, 4.69) is 10.6 Å². The first-order valence-corrected chi connectivity index (χ1v) is 9.39. The van der Waals surface area contributed by atoms with Crippen LogP contribution in [-0.2, 0) is 0 Å². The second-order valence-electron chi connectivity index (χ2n) is 7.05. The Bertz CT molecular complexity index is 654. The molecular formula is C22H26N2O2. The number of hydrogen-bond donors (Lipinski definition) is 2. The van der Waals surface area contributed by atoms with Crippen molar-refractivity contribution < 1.29 is 9.59 Å². The number of nitrogens with one attached hydrogen (secondary N) is 2. The lowest BCUT2D eigenvalue weighted by atomic mass is 9.81. The number of hydrogen-bond acceptors (Lipinski definition) is 2. The van der Waals surface area contributed by atoms with Crippen LogP contribution in [0, 0.1) is 11.8 Å². The number of rotatable bonds is 6. The van der Waals surface area contributed by atoms with Gasteiger partial charge in [0, 0.05) is 24.2 Å². The van der Waals surface area contributed by atoms with Crippen LogP contribution in [0.25, 0.3) is 0 Å². The summed E-state index contributed by atoms with van der Waals surface area (Å²) in [5.41, 5.74) is 1.41. The van der Waals surface area contributed by atoms with E-state index in [0.717, 1.165) is 25.7 Å². The molecule has 0 bridgehead atoms. The van der Waals surface area contributed by atoms with Gasteiger partial charge in [0.1, 0.15) is 0 Å². The highest BCUT2D eigenvalue weighted by molar-refractivity contribution is 5.94. The normalized spacial score (nSPS) is 19.5. The second kappa shape index (κ2) is 9.18. The van der Waals surface area contributed by atoms with Gasteiger partial charge in [-0.15, -0.1) is 0 Å². The molecule has 3 rings (SSSR count). The minimum atomic E-state index is -0.00916. The number of benzene rings is 2. The fourth-order valence-electron chi connectivity index (χ4n) is 3.63. The molecule has 0 heterocycles. The zero-order valence-corrected chi connectivity index (χ0v) is 15.0. The van der Waals surface area contributed by atoms with E-state index in [-0.39, 0.29) is 11.8 Å². The summed E-state index contributed by atoms with van der Waals surface area (Å²) in [7, 11) is 0. The van der Waals surface area contributed by atoms with E-state index >= 15 is 0 Å². The maximum absolute atomic E-state index is 12.2. The highest BCUT2D eigenvalue weighted by Gasteiger charge is 2.23. The molecule has 2 amide bonds. The van der Waals surface area contributed by atoms with Crippen LogP contribution >= 0.6 is 0 Å². The molecule has 26 heavy (non-hydrogen) atoms. The first-order valence-electron chi connectivity index (χ1n) is 9.39. The van der Waals surface area contributed by atoms with Crippen LogP contribution in [0.4, 0.5) is 0 Å². The third kappa shape index (κ3) is 5.19. The summed E-state index contributed by atoms with van der Waals surface area (Å²) in [4.78, 5) is 24.3. The predicted octanol–water partition coefficient (Wildman–Crippen LogP) is 3.65. The Balaban J connectivity index is 1.42. The van der Waals surface area contributed by atoms with Crippen molar-refractivity contribution in [1.82, 2.24) is 10.6 Å². The molecule has 1 fully saturated rings. The molecule has 0 aliphatic heterocycles. The lowest BCUT2D eigenvalue weighted by Crippen LogP contribution is -2.35. The molecule has 1 saturated carbocycles. The summed E-state index contributed by atoms with van der Waals surface area (Å²) in [6, 6.07) is 18.6. The Morgan fingerprint density at radius 2 is 1.15 bits per heavy atom. The third-order valence-corrected chi connectivity index (χ3v) is 5.07. The Labute approximate surface area is 155 Å². The first-order chi connectivity index (χ1) is 12.7. The molecule has 0 saturated heterocycles. The number of carbonyl (C=O) groups excluding carboxylic acids is 2. The van der Waals surface area contributed by atoms with Crippen molar-refractivity contribution in [2.24, 2.45) is 11.8 Å². The van der Waals surface area contributed by atoms with E-state index in [9.17, 15) is 9.59 Å². The van der Waals surface area contributed by atoms with Gasteiger partial charge in [0.2, 0.25) is 0 Å². The van der Waals surface area contributed by atoms with E-state index in [4.69, 9.17) is 0 Å². The molecule has 2 N–H and O–H groups in total. The predicted molar refractivity (Wildman–Crippen MR) is 103 cm³/mol. The molecule has 4 nitrogen and oxygen atoms in total. The summed E-state index contributed by atoms with van der Waals surface area (Å²) < 4.78 is 0. The fourth-order valence-corrected chi connectivity index (χ4v) is 3.63. The lowest BCUT2D eigenvalue weighted by molar-refractivity contribution is 0.0935. The van der Waals surface area contributed by atoms with Crippen molar-refractivity contribution >= 4 is 11.8 Å². The van der Waals surface area contributed by atoms with E-state index in [1.165, 1.54) is 0 Å². The Morgan fingerprint density at radius 3 is 1.58 bits per heavy atom. The van der Waals surface area contributed by atoms with Crippen LogP contribution in [0.5, 0.6) is 0 Å². The smallest absolute Gasteiger partial charge is 0.251 e. The van der Waals surface area contributed by atoms with Crippen molar-refractivity contribution in [3.05, 3.63) is 71.8 Å². The number of carbonyl (C=O) groups is 2. The average molecular weight is 350 g/mol. The third-order valence-electron chi connectivity index (χ3n) is 5.07. The minimum absolute atomic E-state index is 0.00916.